The second-order valence-corrected chi connectivity index (χ2v) is 5.81. The number of carbonyl (C=O) groups is 1. The third-order valence-electron chi connectivity index (χ3n) is 4.22. The molecule has 0 spiro atoms. The summed E-state index contributed by atoms with van der Waals surface area (Å²) in [6.45, 7) is 2.10. The molecule has 3 nitrogen and oxygen atoms in total. The molecule has 0 bridgehead atoms. The summed E-state index contributed by atoms with van der Waals surface area (Å²) in [5, 5.41) is 2.59. The lowest BCUT2D eigenvalue weighted by molar-refractivity contribution is -0.137. The van der Waals surface area contributed by atoms with Crippen molar-refractivity contribution in [2.45, 2.75) is 38.8 Å². The molecule has 116 valence electrons. The highest BCUT2D eigenvalue weighted by Gasteiger charge is 2.37. The summed E-state index contributed by atoms with van der Waals surface area (Å²) in [6.07, 6.45) is -1.30. The quantitative estimate of drug-likeness (QED) is 0.894. The van der Waals surface area contributed by atoms with Crippen molar-refractivity contribution in [1.29, 1.82) is 0 Å². The van der Waals surface area contributed by atoms with Crippen molar-refractivity contribution in [2.75, 3.05) is 11.9 Å². The first kappa shape index (κ1) is 15.8. The fourth-order valence-corrected chi connectivity index (χ4v) is 2.60. The molecule has 1 amide bonds. The minimum atomic E-state index is -4.42. The SMILES string of the molecule is Cc1ccc(C(F)(F)F)cc1NC(=O)CC1(CN)CCC1. The van der Waals surface area contributed by atoms with Gasteiger partial charge in [-0.25, -0.2) is 0 Å². The van der Waals surface area contributed by atoms with Crippen molar-refractivity contribution in [3.05, 3.63) is 29.3 Å². The maximum absolute atomic E-state index is 12.7. The predicted octanol–water partition coefficient (Wildman–Crippen LogP) is 3.47. The Bertz CT molecular complexity index is 531. The smallest absolute Gasteiger partial charge is 0.330 e. The Kier molecular flexibility index (Phi) is 4.27. The number of benzene rings is 1. The van der Waals surface area contributed by atoms with Crippen LogP contribution in [0.1, 0.15) is 36.8 Å². The van der Waals surface area contributed by atoms with Gasteiger partial charge in [0, 0.05) is 12.1 Å². The van der Waals surface area contributed by atoms with Crippen LogP contribution >= 0.6 is 0 Å². The second kappa shape index (κ2) is 5.67. The monoisotopic (exact) mass is 300 g/mol. The fourth-order valence-electron chi connectivity index (χ4n) is 2.60. The Hall–Kier alpha value is -1.56. The number of rotatable bonds is 4. The number of hydrogen-bond acceptors (Lipinski definition) is 2. The number of amides is 1. The molecule has 1 aromatic carbocycles. The average molecular weight is 300 g/mol. The molecule has 0 unspecified atom stereocenters. The molecule has 1 aliphatic carbocycles. The molecular formula is C15H19F3N2O. The van der Waals surface area contributed by atoms with Crippen molar-refractivity contribution in [3.8, 4) is 0 Å². The highest BCUT2D eigenvalue weighted by atomic mass is 19.4. The van der Waals surface area contributed by atoms with Gasteiger partial charge in [0.05, 0.1) is 5.56 Å². The van der Waals surface area contributed by atoms with Crippen LogP contribution < -0.4 is 11.1 Å². The molecule has 1 saturated carbocycles. The molecule has 2 rings (SSSR count). The molecule has 0 radical (unpaired) electrons. The highest BCUT2D eigenvalue weighted by Crippen LogP contribution is 2.43. The van der Waals surface area contributed by atoms with E-state index in [4.69, 9.17) is 5.73 Å². The molecule has 21 heavy (non-hydrogen) atoms. The standard InChI is InChI=1S/C15H19F3N2O/c1-10-3-4-11(15(16,17)18)7-12(10)20-13(21)8-14(9-19)5-2-6-14/h3-4,7H,2,5-6,8-9,19H2,1H3,(H,20,21). The van der Waals surface area contributed by atoms with E-state index in [0.717, 1.165) is 31.4 Å². The van der Waals surface area contributed by atoms with E-state index < -0.39 is 11.7 Å². The van der Waals surface area contributed by atoms with Crippen LogP contribution in [0.4, 0.5) is 18.9 Å². The van der Waals surface area contributed by atoms with Gasteiger partial charge in [-0.15, -0.1) is 0 Å². The van der Waals surface area contributed by atoms with Gasteiger partial charge >= 0.3 is 6.18 Å². The zero-order chi connectivity index (χ0) is 15.7. The molecule has 1 aliphatic rings. The number of hydrogen-bond donors (Lipinski definition) is 2. The summed E-state index contributed by atoms with van der Waals surface area (Å²) in [4.78, 5) is 12.0. The van der Waals surface area contributed by atoms with Crippen molar-refractivity contribution in [1.82, 2.24) is 0 Å². The van der Waals surface area contributed by atoms with Crippen molar-refractivity contribution in [3.63, 3.8) is 0 Å². The van der Waals surface area contributed by atoms with Gasteiger partial charge in [-0.1, -0.05) is 12.5 Å². The van der Waals surface area contributed by atoms with Gasteiger partial charge in [0.15, 0.2) is 0 Å². The zero-order valence-electron chi connectivity index (χ0n) is 11.9. The summed E-state index contributed by atoms with van der Waals surface area (Å²) in [5.41, 5.74) is 5.58. The molecule has 0 saturated heterocycles. The van der Waals surface area contributed by atoms with Crippen molar-refractivity contribution < 1.29 is 18.0 Å². The first-order valence-electron chi connectivity index (χ1n) is 6.94. The Morgan fingerprint density at radius 3 is 2.52 bits per heavy atom. The van der Waals surface area contributed by atoms with Crippen LogP contribution in [0.2, 0.25) is 0 Å². The highest BCUT2D eigenvalue weighted by molar-refractivity contribution is 5.92. The topological polar surface area (TPSA) is 55.1 Å². The van der Waals surface area contributed by atoms with Gasteiger partial charge in [0.25, 0.3) is 0 Å². The molecule has 1 aromatic rings. The van der Waals surface area contributed by atoms with Crippen molar-refractivity contribution in [2.24, 2.45) is 11.1 Å². The Labute approximate surface area is 121 Å². The number of halogens is 3. The van der Waals surface area contributed by atoms with E-state index in [1.165, 1.54) is 6.07 Å². The second-order valence-electron chi connectivity index (χ2n) is 5.81. The average Bonchev–Trinajstić information content (AvgIpc) is 2.35. The number of alkyl halides is 3. The van der Waals surface area contributed by atoms with Gasteiger partial charge < -0.3 is 11.1 Å². The van der Waals surface area contributed by atoms with Crippen LogP contribution in [0.15, 0.2) is 18.2 Å². The van der Waals surface area contributed by atoms with E-state index in [9.17, 15) is 18.0 Å². The lowest BCUT2D eigenvalue weighted by Crippen LogP contribution is -2.40. The van der Waals surface area contributed by atoms with Crippen LogP contribution in [0.25, 0.3) is 0 Å². The minimum absolute atomic E-state index is 0.167. The molecule has 0 atom stereocenters. The van der Waals surface area contributed by atoms with Gasteiger partial charge in [-0.05, 0) is 49.4 Å². The largest absolute Gasteiger partial charge is 0.416 e. The third kappa shape index (κ3) is 3.56. The van der Waals surface area contributed by atoms with Gasteiger partial charge in [-0.3, -0.25) is 4.79 Å². The first-order valence-corrected chi connectivity index (χ1v) is 6.94. The van der Waals surface area contributed by atoms with Crippen LogP contribution in [0.5, 0.6) is 0 Å². The van der Waals surface area contributed by atoms with E-state index >= 15 is 0 Å². The molecule has 6 heteroatoms. The molecular weight excluding hydrogens is 281 g/mol. The number of anilines is 1. The Morgan fingerprint density at radius 2 is 2.05 bits per heavy atom. The lowest BCUT2D eigenvalue weighted by atomic mass is 9.66. The molecule has 0 aromatic heterocycles. The number of carbonyl (C=O) groups excluding carboxylic acids is 1. The van der Waals surface area contributed by atoms with Crippen LogP contribution in [-0.2, 0) is 11.0 Å². The summed E-state index contributed by atoms with van der Waals surface area (Å²) in [7, 11) is 0. The molecule has 3 N–H and O–H groups in total. The minimum Gasteiger partial charge on any atom is -0.330 e. The van der Waals surface area contributed by atoms with Crippen LogP contribution in [-0.4, -0.2) is 12.5 Å². The first-order chi connectivity index (χ1) is 9.76. The summed E-state index contributed by atoms with van der Waals surface area (Å²) >= 11 is 0. The molecule has 0 aliphatic heterocycles. The number of nitrogens with one attached hydrogen (secondary N) is 1. The number of nitrogens with two attached hydrogens (primary N) is 1. The van der Waals surface area contributed by atoms with Crippen molar-refractivity contribution >= 4 is 11.6 Å². The van der Waals surface area contributed by atoms with E-state index in [1.54, 1.807) is 6.92 Å². The normalized spacial score (nSPS) is 17.2. The maximum Gasteiger partial charge on any atom is 0.416 e. The predicted molar refractivity (Wildman–Crippen MR) is 74.8 cm³/mol. The van der Waals surface area contributed by atoms with Gasteiger partial charge in [0.1, 0.15) is 0 Å². The lowest BCUT2D eigenvalue weighted by Gasteiger charge is -2.40. The van der Waals surface area contributed by atoms with Crippen LogP contribution in [0.3, 0.4) is 0 Å². The van der Waals surface area contributed by atoms with Gasteiger partial charge in [0.2, 0.25) is 5.91 Å². The third-order valence-corrected chi connectivity index (χ3v) is 4.22. The molecule has 0 heterocycles. The van der Waals surface area contributed by atoms with E-state index in [-0.39, 0.29) is 23.4 Å². The Balaban J connectivity index is 2.10. The van der Waals surface area contributed by atoms with Crippen LogP contribution in [0, 0.1) is 12.3 Å². The Morgan fingerprint density at radius 1 is 1.38 bits per heavy atom. The van der Waals surface area contributed by atoms with E-state index in [2.05, 4.69) is 5.32 Å². The van der Waals surface area contributed by atoms with E-state index in [1.807, 2.05) is 0 Å². The summed E-state index contributed by atoms with van der Waals surface area (Å²) in [6, 6.07) is 3.35. The summed E-state index contributed by atoms with van der Waals surface area (Å²) in [5.74, 6) is -0.275. The van der Waals surface area contributed by atoms with E-state index in [0.29, 0.717) is 12.1 Å². The fraction of sp³-hybridized carbons (Fsp3) is 0.533. The molecule has 1 fully saturated rings. The maximum atomic E-state index is 12.7. The zero-order valence-corrected chi connectivity index (χ0v) is 11.9. The number of aryl methyl sites for hydroxylation is 1. The van der Waals surface area contributed by atoms with Gasteiger partial charge in [-0.2, -0.15) is 13.2 Å². The summed E-state index contributed by atoms with van der Waals surface area (Å²) < 4.78 is 38.1.